The van der Waals surface area contributed by atoms with Crippen molar-refractivity contribution in [3.63, 3.8) is 0 Å². The first-order valence-corrected chi connectivity index (χ1v) is 7.43. The van der Waals surface area contributed by atoms with E-state index in [0.717, 1.165) is 19.3 Å². The minimum absolute atomic E-state index is 0.0187. The molecule has 1 aromatic rings. The number of nitrogens with one attached hydrogen (secondary N) is 1. The lowest BCUT2D eigenvalue weighted by Crippen LogP contribution is -2.54. The van der Waals surface area contributed by atoms with Crippen molar-refractivity contribution in [2.45, 2.75) is 50.8 Å². The van der Waals surface area contributed by atoms with Crippen LogP contribution in [0.15, 0.2) is 18.2 Å². The highest BCUT2D eigenvalue weighted by Gasteiger charge is 2.58. The molecule has 2 fully saturated rings. The third kappa shape index (κ3) is 1.90. The molecular weight excluding hydrogens is 254 g/mol. The van der Waals surface area contributed by atoms with Crippen molar-refractivity contribution in [3.05, 3.63) is 23.8 Å². The number of aromatic hydroxyl groups is 2. The van der Waals surface area contributed by atoms with Crippen LogP contribution in [-0.2, 0) is 5.60 Å². The van der Waals surface area contributed by atoms with Crippen LogP contribution in [0.2, 0.25) is 0 Å². The highest BCUT2D eigenvalue weighted by Crippen LogP contribution is 2.56. The van der Waals surface area contributed by atoms with Crippen molar-refractivity contribution in [3.8, 4) is 11.5 Å². The molecule has 0 amide bonds. The van der Waals surface area contributed by atoms with Crippen molar-refractivity contribution >= 4 is 0 Å². The summed E-state index contributed by atoms with van der Waals surface area (Å²) < 4.78 is 0. The Kier molecular flexibility index (Phi) is 3.18. The van der Waals surface area contributed by atoms with Gasteiger partial charge in [0.05, 0.1) is 0 Å². The Morgan fingerprint density at radius 2 is 1.95 bits per heavy atom. The van der Waals surface area contributed by atoms with Gasteiger partial charge in [-0.2, -0.15) is 0 Å². The Hall–Kier alpha value is -1.26. The molecule has 0 radical (unpaired) electrons. The average molecular weight is 277 g/mol. The fourth-order valence-corrected chi connectivity index (χ4v) is 4.14. The second-order valence-electron chi connectivity index (χ2n) is 6.60. The van der Waals surface area contributed by atoms with Gasteiger partial charge in [0.2, 0.25) is 0 Å². The van der Waals surface area contributed by atoms with Crippen molar-refractivity contribution in [2.75, 3.05) is 0 Å². The molecule has 4 atom stereocenters. The van der Waals surface area contributed by atoms with E-state index in [4.69, 9.17) is 0 Å². The van der Waals surface area contributed by atoms with Crippen molar-refractivity contribution < 1.29 is 15.3 Å². The van der Waals surface area contributed by atoms with E-state index in [1.807, 2.05) is 0 Å². The van der Waals surface area contributed by atoms with Gasteiger partial charge in [0, 0.05) is 12.1 Å². The van der Waals surface area contributed by atoms with E-state index in [1.165, 1.54) is 12.1 Å². The maximum atomic E-state index is 11.3. The van der Waals surface area contributed by atoms with Gasteiger partial charge in [-0.25, -0.2) is 0 Å². The Balaban J connectivity index is 2.00. The van der Waals surface area contributed by atoms with Crippen LogP contribution in [0.25, 0.3) is 0 Å². The predicted octanol–water partition coefficient (Wildman–Crippen LogP) is 2.08. The Morgan fingerprint density at radius 1 is 1.20 bits per heavy atom. The molecule has 4 heteroatoms. The molecule has 2 bridgehead atoms. The number of aliphatic hydroxyl groups is 1. The summed E-state index contributed by atoms with van der Waals surface area (Å²) >= 11 is 0. The minimum atomic E-state index is -0.946. The van der Waals surface area contributed by atoms with Crippen LogP contribution in [-0.4, -0.2) is 27.4 Å². The van der Waals surface area contributed by atoms with Crippen LogP contribution in [0, 0.1) is 11.8 Å². The molecule has 0 aliphatic heterocycles. The van der Waals surface area contributed by atoms with Gasteiger partial charge in [0.15, 0.2) is 11.5 Å². The smallest absolute Gasteiger partial charge is 0.157 e. The zero-order valence-electron chi connectivity index (χ0n) is 12.0. The number of fused-ring (bicyclic) bond motifs is 2. The van der Waals surface area contributed by atoms with Crippen LogP contribution in [0.4, 0.5) is 0 Å². The molecule has 2 aliphatic rings. The Labute approximate surface area is 119 Å². The lowest BCUT2D eigenvalue weighted by molar-refractivity contribution is -0.0484. The summed E-state index contributed by atoms with van der Waals surface area (Å²) in [6, 6.07) is 5.01. The Morgan fingerprint density at radius 3 is 2.60 bits per heavy atom. The normalized spacial score (nSPS) is 35.9. The molecule has 0 heterocycles. The molecule has 0 aromatic heterocycles. The first-order chi connectivity index (χ1) is 9.42. The van der Waals surface area contributed by atoms with Gasteiger partial charge in [-0.05, 0) is 48.8 Å². The van der Waals surface area contributed by atoms with E-state index in [-0.39, 0.29) is 23.5 Å². The van der Waals surface area contributed by atoms with Gasteiger partial charge in [0.25, 0.3) is 0 Å². The van der Waals surface area contributed by atoms with Gasteiger partial charge >= 0.3 is 0 Å². The van der Waals surface area contributed by atoms with E-state index in [1.54, 1.807) is 6.07 Å². The summed E-state index contributed by atoms with van der Waals surface area (Å²) in [7, 11) is 0. The largest absolute Gasteiger partial charge is 0.504 e. The fourth-order valence-electron chi connectivity index (χ4n) is 4.14. The summed E-state index contributed by atoms with van der Waals surface area (Å²) in [6.07, 6.45) is 3.21. The topological polar surface area (TPSA) is 72.7 Å². The molecule has 4 N–H and O–H groups in total. The number of rotatable bonds is 3. The van der Waals surface area contributed by atoms with Crippen molar-refractivity contribution in [1.29, 1.82) is 0 Å². The van der Waals surface area contributed by atoms with Crippen LogP contribution >= 0.6 is 0 Å². The van der Waals surface area contributed by atoms with Crippen molar-refractivity contribution in [2.24, 2.45) is 11.8 Å². The SMILES string of the molecule is CC(C)N[C@H]1[C@@H]2CC[C@@H](C2)[C@@]1(O)c1ccc(O)c(O)c1. The highest BCUT2D eigenvalue weighted by molar-refractivity contribution is 5.44. The molecule has 1 aromatic carbocycles. The average Bonchev–Trinajstić information content (AvgIpc) is 2.95. The molecule has 4 nitrogen and oxygen atoms in total. The number of hydrogen-bond donors (Lipinski definition) is 4. The predicted molar refractivity (Wildman–Crippen MR) is 76.6 cm³/mol. The zero-order valence-corrected chi connectivity index (χ0v) is 12.0. The van der Waals surface area contributed by atoms with E-state index in [2.05, 4.69) is 19.2 Å². The summed E-state index contributed by atoms with van der Waals surface area (Å²) in [6.45, 7) is 4.17. The third-order valence-electron chi connectivity index (χ3n) is 4.99. The lowest BCUT2D eigenvalue weighted by Gasteiger charge is -2.41. The van der Waals surface area contributed by atoms with Crippen LogP contribution in [0.1, 0.15) is 38.7 Å². The maximum absolute atomic E-state index is 11.3. The molecule has 3 rings (SSSR count). The number of hydrogen-bond acceptors (Lipinski definition) is 4. The number of phenolic OH excluding ortho intramolecular Hbond substituents is 2. The molecule has 0 saturated heterocycles. The molecule has 0 spiro atoms. The number of phenols is 2. The fraction of sp³-hybridized carbons (Fsp3) is 0.625. The summed E-state index contributed by atoms with van der Waals surface area (Å²) in [5.74, 6) is 0.409. The molecule has 20 heavy (non-hydrogen) atoms. The zero-order chi connectivity index (χ0) is 14.5. The summed E-state index contributed by atoms with van der Waals surface area (Å²) in [5.41, 5.74) is -0.239. The van der Waals surface area contributed by atoms with Crippen LogP contribution in [0.3, 0.4) is 0 Å². The van der Waals surface area contributed by atoms with E-state index >= 15 is 0 Å². The standard InChI is InChI=1S/C16H23NO3/c1-9(2)17-15-10-3-4-11(7-10)16(15,20)12-5-6-13(18)14(19)8-12/h5-6,8-11,15,17-20H,3-4,7H2,1-2H3/t10-,11+,15+,16-/m1/s1. The quantitative estimate of drug-likeness (QED) is 0.638. The van der Waals surface area contributed by atoms with Gasteiger partial charge < -0.3 is 20.6 Å². The van der Waals surface area contributed by atoms with E-state index in [9.17, 15) is 15.3 Å². The first kappa shape index (κ1) is 13.7. The molecule has 0 unspecified atom stereocenters. The molecule has 110 valence electrons. The van der Waals surface area contributed by atoms with E-state index < -0.39 is 5.60 Å². The highest BCUT2D eigenvalue weighted by atomic mass is 16.3. The van der Waals surface area contributed by atoms with Gasteiger partial charge in [-0.1, -0.05) is 19.9 Å². The lowest BCUT2D eigenvalue weighted by atomic mass is 9.75. The number of benzene rings is 1. The van der Waals surface area contributed by atoms with E-state index in [0.29, 0.717) is 17.5 Å². The van der Waals surface area contributed by atoms with Crippen LogP contribution < -0.4 is 5.32 Å². The van der Waals surface area contributed by atoms with Crippen LogP contribution in [0.5, 0.6) is 11.5 Å². The monoisotopic (exact) mass is 277 g/mol. The van der Waals surface area contributed by atoms with Gasteiger partial charge in [-0.15, -0.1) is 0 Å². The first-order valence-electron chi connectivity index (χ1n) is 7.43. The Bertz CT molecular complexity index is 516. The summed E-state index contributed by atoms with van der Waals surface area (Å²) in [5, 5.41) is 34.0. The molecular formula is C16H23NO3. The minimum Gasteiger partial charge on any atom is -0.504 e. The second kappa shape index (κ2) is 4.64. The maximum Gasteiger partial charge on any atom is 0.157 e. The van der Waals surface area contributed by atoms with Gasteiger partial charge in [0.1, 0.15) is 5.60 Å². The summed E-state index contributed by atoms with van der Waals surface area (Å²) in [4.78, 5) is 0. The van der Waals surface area contributed by atoms with Gasteiger partial charge in [-0.3, -0.25) is 0 Å². The second-order valence-corrected chi connectivity index (χ2v) is 6.60. The van der Waals surface area contributed by atoms with Crippen molar-refractivity contribution in [1.82, 2.24) is 5.32 Å². The third-order valence-corrected chi connectivity index (χ3v) is 4.99. The molecule has 2 aliphatic carbocycles. The molecule has 2 saturated carbocycles.